The summed E-state index contributed by atoms with van der Waals surface area (Å²) in [5.74, 6) is 0.107. The molecule has 0 aliphatic carbocycles. The number of hydrogen-bond donors (Lipinski definition) is 2. The van der Waals surface area contributed by atoms with Gasteiger partial charge in [0.1, 0.15) is 0 Å². The van der Waals surface area contributed by atoms with Gasteiger partial charge in [0.2, 0.25) is 0 Å². The maximum absolute atomic E-state index is 12.1. The number of thioether (sulfide) groups is 1. The van der Waals surface area contributed by atoms with Crippen molar-refractivity contribution in [1.82, 2.24) is 10.3 Å². The highest BCUT2D eigenvalue weighted by molar-refractivity contribution is 7.99. The number of pyridine rings is 1. The van der Waals surface area contributed by atoms with Gasteiger partial charge >= 0.3 is 0 Å². The van der Waals surface area contributed by atoms with Crippen LogP contribution in [0.25, 0.3) is 11.1 Å². The molecule has 1 aromatic heterocycles. The summed E-state index contributed by atoms with van der Waals surface area (Å²) in [5.41, 5.74) is 5.57. The predicted molar refractivity (Wildman–Crippen MR) is 172 cm³/mol. The van der Waals surface area contributed by atoms with E-state index in [1.54, 1.807) is 18.0 Å². The predicted octanol–water partition coefficient (Wildman–Crippen LogP) is 7.81. The molecule has 1 amide bonds. The molecular formula is C33H31Cl3N2O4S. The average Bonchev–Trinajstić information content (AvgIpc) is 3.03. The molecule has 224 valence electrons. The summed E-state index contributed by atoms with van der Waals surface area (Å²) in [6.07, 6.45) is 0.901. The first-order valence-corrected chi connectivity index (χ1v) is 15.9. The van der Waals surface area contributed by atoms with Crippen LogP contribution in [0.15, 0.2) is 102 Å². The summed E-state index contributed by atoms with van der Waals surface area (Å²) in [6.45, 7) is 2.35. The molecule has 2 heterocycles. The van der Waals surface area contributed by atoms with Gasteiger partial charge in [-0.15, -0.1) is 11.8 Å². The van der Waals surface area contributed by atoms with Crippen LogP contribution >= 0.6 is 46.6 Å². The van der Waals surface area contributed by atoms with Gasteiger partial charge in [0.15, 0.2) is 6.29 Å². The van der Waals surface area contributed by atoms with Crippen LogP contribution in [0.2, 0.25) is 0 Å². The minimum absolute atomic E-state index is 0.00874. The number of carbonyl (C=O) groups excluding carboxylic acids is 1. The van der Waals surface area contributed by atoms with Gasteiger partial charge in [-0.2, -0.15) is 0 Å². The smallest absolute Gasteiger partial charge is 0.272 e. The molecule has 0 radical (unpaired) electrons. The van der Waals surface area contributed by atoms with E-state index in [1.807, 2.05) is 91.0 Å². The van der Waals surface area contributed by atoms with E-state index in [2.05, 4.69) is 17.2 Å². The molecule has 1 fully saturated rings. The molecule has 2 N–H and O–H groups in total. The number of aliphatic hydroxyl groups is 1. The van der Waals surface area contributed by atoms with Crippen LogP contribution in [-0.4, -0.2) is 31.6 Å². The normalized spacial score (nSPS) is 20.5. The van der Waals surface area contributed by atoms with Gasteiger partial charge in [-0.1, -0.05) is 121 Å². The first kappa shape index (κ1) is 31.8. The summed E-state index contributed by atoms with van der Waals surface area (Å²) in [5, 5.41) is 13.1. The van der Waals surface area contributed by atoms with E-state index in [9.17, 15) is 9.90 Å². The van der Waals surface area contributed by atoms with Gasteiger partial charge in [0.25, 0.3) is 9.70 Å². The number of rotatable bonds is 9. The lowest BCUT2D eigenvalue weighted by atomic mass is 9.91. The second-order valence-corrected chi connectivity index (χ2v) is 13.6. The Kier molecular flexibility index (Phi) is 10.7. The highest BCUT2D eigenvalue weighted by atomic mass is 35.6. The molecule has 43 heavy (non-hydrogen) atoms. The van der Waals surface area contributed by atoms with Crippen molar-refractivity contribution >= 4 is 52.5 Å². The van der Waals surface area contributed by atoms with E-state index < -0.39 is 16.0 Å². The SMILES string of the molecule is CC1C(CSc2ccccn2)OC(c2ccc(-c3ccccc3CNC(=O)C(Cl)(Cl)Cl)cc2)OC1c1ccc(CO)cc1. The van der Waals surface area contributed by atoms with Crippen molar-refractivity contribution < 1.29 is 19.4 Å². The fourth-order valence-electron chi connectivity index (χ4n) is 4.96. The molecule has 0 saturated carbocycles. The molecule has 4 atom stereocenters. The molecule has 1 aliphatic heterocycles. The number of halogens is 3. The largest absolute Gasteiger partial charge is 0.392 e. The Morgan fingerprint density at radius 2 is 1.63 bits per heavy atom. The van der Waals surface area contributed by atoms with Crippen LogP contribution in [0.5, 0.6) is 0 Å². The zero-order valence-electron chi connectivity index (χ0n) is 23.3. The molecule has 3 aromatic carbocycles. The standard InChI is InChI=1S/C33H31Cl3N2O4S/c1-21-28(20-43-29-8-4-5-17-37-29)41-31(42-30(21)24-11-9-22(19-39)10-12-24)25-15-13-23(14-16-25)27-7-3-2-6-26(27)18-38-32(40)33(34,35)36/h2-17,21,28,30-31,39H,18-20H2,1H3,(H,38,40). The maximum Gasteiger partial charge on any atom is 0.272 e. The van der Waals surface area contributed by atoms with Gasteiger partial charge in [-0.25, -0.2) is 4.98 Å². The van der Waals surface area contributed by atoms with E-state index in [-0.39, 0.29) is 31.3 Å². The van der Waals surface area contributed by atoms with Crippen molar-refractivity contribution in [3.05, 3.63) is 119 Å². The number of amides is 1. The summed E-state index contributed by atoms with van der Waals surface area (Å²) in [7, 11) is 0. The van der Waals surface area contributed by atoms with Crippen LogP contribution < -0.4 is 5.32 Å². The number of carbonyl (C=O) groups is 1. The number of nitrogens with zero attached hydrogens (tertiary/aromatic N) is 1. The zero-order valence-corrected chi connectivity index (χ0v) is 26.4. The number of alkyl halides is 3. The van der Waals surface area contributed by atoms with Crippen LogP contribution in [-0.2, 0) is 27.4 Å². The molecule has 5 rings (SSSR count). The Balaban J connectivity index is 1.37. The van der Waals surface area contributed by atoms with Crippen molar-refractivity contribution in [3.8, 4) is 11.1 Å². The number of aliphatic hydroxyl groups excluding tert-OH is 1. The first-order chi connectivity index (χ1) is 20.7. The molecule has 0 bridgehead atoms. The summed E-state index contributed by atoms with van der Waals surface area (Å²) in [6, 6.07) is 29.5. The second-order valence-electron chi connectivity index (χ2n) is 10.3. The average molecular weight is 658 g/mol. The molecule has 1 aliphatic rings. The fourth-order valence-corrected chi connectivity index (χ4v) is 6.19. The quantitative estimate of drug-likeness (QED) is 0.141. The fraction of sp³-hybridized carbons (Fsp3) is 0.273. The molecule has 1 saturated heterocycles. The van der Waals surface area contributed by atoms with Crippen molar-refractivity contribution in [1.29, 1.82) is 0 Å². The summed E-state index contributed by atoms with van der Waals surface area (Å²) < 4.78 is 11.1. The number of benzene rings is 3. The van der Waals surface area contributed by atoms with E-state index in [0.29, 0.717) is 5.75 Å². The van der Waals surface area contributed by atoms with E-state index >= 15 is 0 Å². The lowest BCUT2D eigenvalue weighted by molar-refractivity contribution is -0.268. The van der Waals surface area contributed by atoms with Crippen LogP contribution in [0, 0.1) is 5.92 Å². The first-order valence-electron chi connectivity index (χ1n) is 13.8. The molecule has 10 heteroatoms. The molecular weight excluding hydrogens is 627 g/mol. The third kappa shape index (κ3) is 8.11. The van der Waals surface area contributed by atoms with E-state index in [1.165, 1.54) is 0 Å². The second kappa shape index (κ2) is 14.4. The Labute approximate surface area is 270 Å². The van der Waals surface area contributed by atoms with Gasteiger partial charge < -0.3 is 19.9 Å². The molecule has 4 unspecified atom stereocenters. The zero-order chi connectivity index (χ0) is 30.4. The lowest BCUT2D eigenvalue weighted by Crippen LogP contribution is -2.38. The van der Waals surface area contributed by atoms with Gasteiger partial charge in [0, 0.05) is 30.0 Å². The third-order valence-electron chi connectivity index (χ3n) is 7.36. The monoisotopic (exact) mass is 656 g/mol. The van der Waals surface area contributed by atoms with Crippen LogP contribution in [0.4, 0.5) is 0 Å². The Hall–Kier alpha value is -2.62. The van der Waals surface area contributed by atoms with Crippen LogP contribution in [0.3, 0.4) is 0 Å². The number of aromatic nitrogens is 1. The molecule has 0 spiro atoms. The number of hydrogen-bond acceptors (Lipinski definition) is 6. The summed E-state index contributed by atoms with van der Waals surface area (Å²) >= 11 is 18.8. The topological polar surface area (TPSA) is 80.7 Å². The lowest BCUT2D eigenvalue weighted by Gasteiger charge is -2.41. The minimum Gasteiger partial charge on any atom is -0.392 e. The van der Waals surface area contributed by atoms with Crippen molar-refractivity contribution in [2.45, 2.75) is 47.4 Å². The Morgan fingerprint density at radius 1 is 0.930 bits per heavy atom. The number of nitrogens with one attached hydrogen (secondary N) is 1. The highest BCUT2D eigenvalue weighted by Gasteiger charge is 2.38. The maximum atomic E-state index is 12.1. The van der Waals surface area contributed by atoms with Gasteiger partial charge in [-0.05, 0) is 39.9 Å². The van der Waals surface area contributed by atoms with E-state index in [0.717, 1.165) is 38.4 Å². The third-order valence-corrected chi connectivity index (χ3v) is 8.91. The molecule has 6 nitrogen and oxygen atoms in total. The highest BCUT2D eigenvalue weighted by Crippen LogP contribution is 2.43. The summed E-state index contributed by atoms with van der Waals surface area (Å²) in [4.78, 5) is 16.5. The molecule has 4 aromatic rings. The van der Waals surface area contributed by atoms with Crippen molar-refractivity contribution in [3.63, 3.8) is 0 Å². The van der Waals surface area contributed by atoms with Crippen molar-refractivity contribution in [2.75, 3.05) is 5.75 Å². The number of ether oxygens (including phenoxy) is 2. The minimum atomic E-state index is -2.03. The Bertz CT molecular complexity index is 1500. The van der Waals surface area contributed by atoms with Gasteiger partial charge in [0.05, 0.1) is 23.8 Å². The Morgan fingerprint density at radius 3 is 2.30 bits per heavy atom. The van der Waals surface area contributed by atoms with Gasteiger partial charge in [-0.3, -0.25) is 4.79 Å². The van der Waals surface area contributed by atoms with E-state index in [4.69, 9.17) is 44.3 Å². The van der Waals surface area contributed by atoms with Crippen LogP contribution in [0.1, 0.15) is 41.6 Å². The van der Waals surface area contributed by atoms with Crippen molar-refractivity contribution in [2.24, 2.45) is 5.92 Å².